The van der Waals surface area contributed by atoms with Crippen LogP contribution in [-0.4, -0.2) is 39.2 Å². The van der Waals surface area contributed by atoms with Gasteiger partial charge in [-0.05, 0) is 35.4 Å². The van der Waals surface area contributed by atoms with E-state index in [2.05, 4.69) is 5.32 Å². The average molecular weight is 411 g/mol. The van der Waals surface area contributed by atoms with E-state index in [1.54, 1.807) is 30.3 Å². The van der Waals surface area contributed by atoms with E-state index in [1.165, 1.54) is 19.2 Å². The van der Waals surface area contributed by atoms with Crippen molar-refractivity contribution in [3.8, 4) is 0 Å². The molecule has 1 N–H and O–H groups in total. The van der Waals surface area contributed by atoms with Gasteiger partial charge in [0.1, 0.15) is 6.04 Å². The molecular formula is C22H21NO5S. The highest BCUT2D eigenvalue weighted by molar-refractivity contribution is 7.91. The summed E-state index contributed by atoms with van der Waals surface area (Å²) < 4.78 is 29.8. The topological polar surface area (TPSA) is 89.5 Å². The van der Waals surface area contributed by atoms with E-state index in [0.29, 0.717) is 5.56 Å². The van der Waals surface area contributed by atoms with Crippen molar-refractivity contribution in [2.24, 2.45) is 0 Å². The fourth-order valence-electron chi connectivity index (χ4n) is 3.07. The minimum absolute atomic E-state index is 0.0968. The van der Waals surface area contributed by atoms with Crippen LogP contribution < -0.4 is 5.32 Å². The molecule has 0 unspecified atom stereocenters. The van der Waals surface area contributed by atoms with Crippen molar-refractivity contribution >= 4 is 32.5 Å². The third-order valence-electron chi connectivity index (χ3n) is 4.60. The number of hydrogen-bond donors (Lipinski definition) is 1. The zero-order chi connectivity index (χ0) is 20.9. The molecule has 1 atom stereocenters. The maximum Gasteiger partial charge on any atom is 0.328 e. The molecule has 0 saturated heterocycles. The molecule has 6 nitrogen and oxygen atoms in total. The smallest absolute Gasteiger partial charge is 0.328 e. The Labute approximate surface area is 169 Å². The summed E-state index contributed by atoms with van der Waals surface area (Å²) in [4.78, 5) is 25.1. The average Bonchev–Trinajstić information content (AvgIpc) is 2.76. The van der Waals surface area contributed by atoms with Gasteiger partial charge in [0, 0.05) is 5.56 Å². The number of rotatable bonds is 7. The maximum absolute atomic E-state index is 12.8. The van der Waals surface area contributed by atoms with Crippen molar-refractivity contribution in [2.75, 3.05) is 12.9 Å². The second-order valence-corrected chi connectivity index (χ2v) is 8.61. The number of carbonyl (C=O) groups is 2. The van der Waals surface area contributed by atoms with Crippen LogP contribution in [0.3, 0.4) is 0 Å². The molecule has 0 aliphatic carbocycles. The van der Waals surface area contributed by atoms with Crippen LogP contribution in [0.5, 0.6) is 0 Å². The lowest BCUT2D eigenvalue weighted by Crippen LogP contribution is -2.42. The van der Waals surface area contributed by atoms with Gasteiger partial charge in [0.2, 0.25) is 0 Å². The van der Waals surface area contributed by atoms with Gasteiger partial charge >= 0.3 is 5.97 Å². The van der Waals surface area contributed by atoms with Gasteiger partial charge in [-0.25, -0.2) is 13.2 Å². The highest BCUT2D eigenvalue weighted by atomic mass is 32.2. The molecule has 0 bridgehead atoms. The first-order chi connectivity index (χ1) is 13.9. The molecule has 29 heavy (non-hydrogen) atoms. The Hall–Kier alpha value is -3.19. The van der Waals surface area contributed by atoms with Gasteiger partial charge < -0.3 is 10.1 Å². The summed E-state index contributed by atoms with van der Waals surface area (Å²) in [6, 6.07) is 19.6. The maximum atomic E-state index is 12.8. The molecule has 3 rings (SSSR count). The molecule has 0 aliphatic heterocycles. The summed E-state index contributed by atoms with van der Waals surface area (Å²) in [5, 5.41) is 4.26. The minimum Gasteiger partial charge on any atom is -0.467 e. The second kappa shape index (κ2) is 8.87. The summed E-state index contributed by atoms with van der Waals surface area (Å²) in [5.41, 5.74) is 0.405. The molecule has 0 aliphatic rings. The van der Waals surface area contributed by atoms with Crippen LogP contribution in [0.1, 0.15) is 16.8 Å². The standard InChI is InChI=1S/C22H21NO5S/c1-28-22(25)20(14-15-29(26,27)17-10-3-2-4-11-17)23-21(24)19-13-7-9-16-8-5-6-12-18(16)19/h2-13,20H,14-15H2,1H3,(H,23,24)/t20-/m1/s1. The van der Waals surface area contributed by atoms with Crippen LogP contribution in [0.4, 0.5) is 0 Å². The van der Waals surface area contributed by atoms with Crippen LogP contribution in [0, 0.1) is 0 Å². The zero-order valence-corrected chi connectivity index (χ0v) is 16.7. The number of esters is 1. The monoisotopic (exact) mass is 411 g/mol. The van der Waals surface area contributed by atoms with Gasteiger partial charge in [-0.2, -0.15) is 0 Å². The van der Waals surface area contributed by atoms with Gasteiger partial charge in [-0.3, -0.25) is 4.79 Å². The molecule has 0 fully saturated rings. The van der Waals surface area contributed by atoms with Crippen LogP contribution in [0.2, 0.25) is 0 Å². The van der Waals surface area contributed by atoms with Crippen LogP contribution >= 0.6 is 0 Å². The summed E-state index contributed by atoms with van der Waals surface area (Å²) in [5.74, 6) is -1.46. The van der Waals surface area contributed by atoms with Gasteiger partial charge in [-0.1, -0.05) is 54.6 Å². The lowest BCUT2D eigenvalue weighted by atomic mass is 10.0. The lowest BCUT2D eigenvalue weighted by Gasteiger charge is -2.17. The van der Waals surface area contributed by atoms with Gasteiger partial charge in [0.15, 0.2) is 9.84 Å². The number of carbonyl (C=O) groups excluding carboxylic acids is 2. The Morgan fingerprint density at radius 1 is 0.931 bits per heavy atom. The van der Waals surface area contributed by atoms with Gasteiger partial charge in [0.05, 0.1) is 17.8 Å². The number of benzene rings is 3. The molecule has 3 aromatic carbocycles. The Balaban J connectivity index is 1.79. The molecule has 0 aromatic heterocycles. The van der Waals surface area contributed by atoms with Crippen LogP contribution in [-0.2, 0) is 19.4 Å². The predicted octanol–water partition coefficient (Wildman–Crippen LogP) is 2.98. The molecule has 3 aromatic rings. The predicted molar refractivity (Wildman–Crippen MR) is 110 cm³/mol. The highest BCUT2D eigenvalue weighted by Crippen LogP contribution is 2.19. The normalized spacial score (nSPS) is 12.3. The van der Waals surface area contributed by atoms with Gasteiger partial charge in [-0.15, -0.1) is 0 Å². The second-order valence-electron chi connectivity index (χ2n) is 6.50. The minimum atomic E-state index is -3.59. The number of hydrogen-bond acceptors (Lipinski definition) is 5. The van der Waals surface area contributed by atoms with E-state index >= 15 is 0 Å². The fraction of sp³-hybridized carbons (Fsp3) is 0.182. The van der Waals surface area contributed by atoms with Crippen molar-refractivity contribution in [1.29, 1.82) is 0 Å². The molecule has 150 valence electrons. The molecular weight excluding hydrogens is 390 g/mol. The first-order valence-corrected chi connectivity index (χ1v) is 10.7. The van der Waals surface area contributed by atoms with Crippen molar-refractivity contribution < 1.29 is 22.7 Å². The first-order valence-electron chi connectivity index (χ1n) is 9.06. The van der Waals surface area contributed by atoms with Gasteiger partial charge in [0.25, 0.3) is 5.91 Å². The summed E-state index contributed by atoms with van der Waals surface area (Å²) in [7, 11) is -2.39. The zero-order valence-electron chi connectivity index (χ0n) is 15.9. The molecule has 0 saturated carbocycles. The molecule has 0 spiro atoms. The van der Waals surface area contributed by atoms with E-state index in [0.717, 1.165) is 10.8 Å². The molecule has 7 heteroatoms. The number of ether oxygens (including phenoxy) is 1. The van der Waals surface area contributed by atoms with Crippen molar-refractivity contribution in [2.45, 2.75) is 17.4 Å². The Kier molecular flexibility index (Phi) is 6.29. The SMILES string of the molecule is COC(=O)[C@@H](CCS(=O)(=O)c1ccccc1)NC(=O)c1cccc2ccccc12. The highest BCUT2D eigenvalue weighted by Gasteiger charge is 2.26. The third-order valence-corrected chi connectivity index (χ3v) is 6.37. The van der Waals surface area contributed by atoms with E-state index in [9.17, 15) is 18.0 Å². The number of nitrogens with one attached hydrogen (secondary N) is 1. The first kappa shape index (κ1) is 20.5. The quantitative estimate of drug-likeness (QED) is 0.604. The Morgan fingerprint density at radius 3 is 2.31 bits per heavy atom. The molecule has 1 amide bonds. The molecule has 0 radical (unpaired) electrons. The van der Waals surface area contributed by atoms with E-state index in [4.69, 9.17) is 4.74 Å². The van der Waals surface area contributed by atoms with Crippen LogP contribution in [0.25, 0.3) is 10.8 Å². The number of amides is 1. The number of sulfone groups is 1. The molecule has 0 heterocycles. The van der Waals surface area contributed by atoms with Crippen LogP contribution in [0.15, 0.2) is 77.7 Å². The van der Waals surface area contributed by atoms with Crippen molar-refractivity contribution in [3.63, 3.8) is 0 Å². The number of methoxy groups -OCH3 is 1. The lowest BCUT2D eigenvalue weighted by molar-refractivity contribution is -0.142. The van der Waals surface area contributed by atoms with E-state index < -0.39 is 27.8 Å². The third kappa shape index (κ3) is 4.81. The largest absolute Gasteiger partial charge is 0.467 e. The summed E-state index contributed by atoms with van der Waals surface area (Å²) >= 11 is 0. The van der Waals surface area contributed by atoms with Crippen molar-refractivity contribution in [1.82, 2.24) is 5.32 Å². The Bertz CT molecular complexity index is 1120. The Morgan fingerprint density at radius 2 is 1.59 bits per heavy atom. The summed E-state index contributed by atoms with van der Waals surface area (Å²) in [6.45, 7) is 0. The van der Waals surface area contributed by atoms with E-state index in [-0.39, 0.29) is 17.1 Å². The number of fused-ring (bicyclic) bond motifs is 1. The van der Waals surface area contributed by atoms with E-state index in [1.807, 2.05) is 30.3 Å². The summed E-state index contributed by atoms with van der Waals surface area (Å²) in [6.07, 6.45) is -0.0968. The fourth-order valence-corrected chi connectivity index (χ4v) is 4.42. The van der Waals surface area contributed by atoms with Crippen molar-refractivity contribution in [3.05, 3.63) is 78.4 Å².